The van der Waals surface area contributed by atoms with Crippen LogP contribution < -0.4 is 10.0 Å². The zero-order chi connectivity index (χ0) is 16.4. The molecule has 0 unspecified atom stereocenters. The van der Waals surface area contributed by atoms with Crippen molar-refractivity contribution < 1.29 is 4.73 Å². The lowest BCUT2D eigenvalue weighted by molar-refractivity contribution is -0.593. The summed E-state index contributed by atoms with van der Waals surface area (Å²) >= 11 is 0. The van der Waals surface area contributed by atoms with Crippen LogP contribution in [0.15, 0.2) is 67.0 Å². The average molecular weight is 319 g/mol. The van der Waals surface area contributed by atoms with E-state index in [1.165, 1.54) is 6.42 Å². The summed E-state index contributed by atoms with van der Waals surface area (Å²) in [5.74, 6) is 0. The molecule has 1 fully saturated rings. The number of rotatable bonds is 4. The Morgan fingerprint density at radius 2 is 1.67 bits per heavy atom. The van der Waals surface area contributed by atoms with E-state index in [1.54, 1.807) is 6.33 Å². The van der Waals surface area contributed by atoms with Gasteiger partial charge in [-0.1, -0.05) is 60.7 Å². The standard InChI is InChI=1S/C20H21N3O/c24-23-15-22(14-18-12-7-13-21-18)19(16-8-3-1-4-9-16)20(23)17-10-5-2-6-11-17/h1-6,8-11,15,18,21H,7,12-14H2/t18-/m0/s1. The number of aromatic nitrogens is 2. The second-order valence-corrected chi connectivity index (χ2v) is 6.32. The first kappa shape index (κ1) is 15.0. The Morgan fingerprint density at radius 1 is 1.00 bits per heavy atom. The fourth-order valence-corrected chi connectivity index (χ4v) is 3.53. The molecule has 0 saturated carbocycles. The third-order valence-electron chi connectivity index (χ3n) is 4.65. The second kappa shape index (κ2) is 6.49. The molecule has 3 aromatic rings. The fourth-order valence-electron chi connectivity index (χ4n) is 3.53. The smallest absolute Gasteiger partial charge is 0.247 e. The maximum atomic E-state index is 12.7. The van der Waals surface area contributed by atoms with Crippen molar-refractivity contribution in [3.05, 3.63) is 72.2 Å². The molecule has 1 atom stereocenters. The maximum Gasteiger partial charge on any atom is 0.247 e. The van der Waals surface area contributed by atoms with E-state index in [1.807, 2.05) is 48.5 Å². The minimum absolute atomic E-state index is 0.434. The highest BCUT2D eigenvalue weighted by atomic mass is 16.5. The molecule has 1 aliphatic rings. The van der Waals surface area contributed by atoms with E-state index in [2.05, 4.69) is 22.0 Å². The minimum Gasteiger partial charge on any atom is -0.710 e. The van der Waals surface area contributed by atoms with E-state index in [0.29, 0.717) is 6.04 Å². The quantitative estimate of drug-likeness (QED) is 0.593. The monoisotopic (exact) mass is 319 g/mol. The van der Waals surface area contributed by atoms with Crippen LogP contribution in [0.3, 0.4) is 0 Å². The average Bonchev–Trinajstić information content (AvgIpc) is 3.24. The molecule has 122 valence electrons. The normalized spacial score (nSPS) is 17.2. The van der Waals surface area contributed by atoms with Crippen molar-refractivity contribution in [2.45, 2.75) is 25.4 Å². The Balaban J connectivity index is 1.85. The molecule has 2 heterocycles. The zero-order valence-electron chi connectivity index (χ0n) is 13.6. The first-order valence-electron chi connectivity index (χ1n) is 8.49. The predicted molar refractivity (Wildman–Crippen MR) is 95.3 cm³/mol. The molecular formula is C20H21N3O. The summed E-state index contributed by atoms with van der Waals surface area (Å²) in [7, 11) is 0. The molecule has 4 heteroatoms. The molecule has 2 aromatic carbocycles. The molecule has 0 radical (unpaired) electrons. The van der Waals surface area contributed by atoms with Crippen LogP contribution in [-0.2, 0) is 6.54 Å². The molecular weight excluding hydrogens is 298 g/mol. The number of benzene rings is 2. The highest BCUT2D eigenvalue weighted by Gasteiger charge is 2.26. The number of nitrogens with one attached hydrogen (secondary N) is 1. The van der Waals surface area contributed by atoms with Crippen LogP contribution >= 0.6 is 0 Å². The maximum absolute atomic E-state index is 12.7. The summed E-state index contributed by atoms with van der Waals surface area (Å²) in [6, 6.07) is 20.5. The zero-order valence-corrected chi connectivity index (χ0v) is 13.6. The van der Waals surface area contributed by atoms with Crippen molar-refractivity contribution >= 4 is 0 Å². The largest absolute Gasteiger partial charge is 0.710 e. The van der Waals surface area contributed by atoms with E-state index in [4.69, 9.17) is 0 Å². The van der Waals surface area contributed by atoms with Crippen LogP contribution in [0.1, 0.15) is 12.8 Å². The number of hydrogen-bond acceptors (Lipinski definition) is 2. The van der Waals surface area contributed by atoms with Gasteiger partial charge in [0.15, 0.2) is 11.4 Å². The summed E-state index contributed by atoms with van der Waals surface area (Å²) in [5.41, 5.74) is 3.73. The van der Waals surface area contributed by atoms with E-state index in [0.717, 1.165) is 46.8 Å². The van der Waals surface area contributed by atoms with E-state index < -0.39 is 0 Å². The molecule has 0 amide bonds. The van der Waals surface area contributed by atoms with Crippen LogP contribution in [0, 0.1) is 5.21 Å². The van der Waals surface area contributed by atoms with Crippen molar-refractivity contribution in [1.29, 1.82) is 0 Å². The molecule has 0 aliphatic carbocycles. The predicted octanol–water partition coefficient (Wildman–Crippen LogP) is 3.21. The lowest BCUT2D eigenvalue weighted by Crippen LogP contribution is -2.28. The minimum atomic E-state index is 0.434. The highest BCUT2D eigenvalue weighted by Crippen LogP contribution is 2.30. The molecule has 4 rings (SSSR count). The Kier molecular flexibility index (Phi) is 4.05. The SMILES string of the molecule is [O-][n+]1cn(C[C@@H]2CCCN2)c(-c2ccccc2)c1-c1ccccc1. The van der Waals surface area contributed by atoms with Gasteiger partial charge >= 0.3 is 0 Å². The van der Waals surface area contributed by atoms with E-state index in [-0.39, 0.29) is 0 Å². The van der Waals surface area contributed by atoms with Crippen molar-refractivity contribution in [3.8, 4) is 22.5 Å². The van der Waals surface area contributed by atoms with Gasteiger partial charge in [0.25, 0.3) is 0 Å². The van der Waals surface area contributed by atoms with Crippen LogP contribution in [0.4, 0.5) is 0 Å². The molecule has 1 aromatic heterocycles. The molecule has 1 saturated heterocycles. The lowest BCUT2D eigenvalue weighted by atomic mass is 10.0. The van der Waals surface area contributed by atoms with Gasteiger partial charge in [0.2, 0.25) is 6.33 Å². The van der Waals surface area contributed by atoms with Crippen molar-refractivity contribution in [2.24, 2.45) is 0 Å². The van der Waals surface area contributed by atoms with E-state index >= 15 is 0 Å². The summed E-state index contributed by atoms with van der Waals surface area (Å²) in [4.78, 5) is 0. The van der Waals surface area contributed by atoms with Gasteiger partial charge in [-0.05, 0) is 19.4 Å². The van der Waals surface area contributed by atoms with Crippen LogP contribution in [0.2, 0.25) is 0 Å². The van der Waals surface area contributed by atoms with Gasteiger partial charge in [-0.25, -0.2) is 9.30 Å². The Morgan fingerprint density at radius 3 is 2.29 bits per heavy atom. The highest BCUT2D eigenvalue weighted by molar-refractivity contribution is 5.76. The van der Waals surface area contributed by atoms with Crippen LogP contribution in [0.25, 0.3) is 22.5 Å². The molecule has 0 spiro atoms. The van der Waals surface area contributed by atoms with Crippen LogP contribution in [0.5, 0.6) is 0 Å². The van der Waals surface area contributed by atoms with Gasteiger partial charge in [0.05, 0.1) is 0 Å². The molecule has 1 N–H and O–H groups in total. The second-order valence-electron chi connectivity index (χ2n) is 6.32. The third kappa shape index (κ3) is 2.81. The Labute approximate surface area is 142 Å². The lowest BCUT2D eigenvalue weighted by Gasteiger charge is -2.10. The summed E-state index contributed by atoms with van der Waals surface area (Å²) in [5, 5.41) is 16.2. The summed E-state index contributed by atoms with van der Waals surface area (Å²) in [6.45, 7) is 1.88. The van der Waals surface area contributed by atoms with Crippen molar-refractivity contribution in [2.75, 3.05) is 6.54 Å². The number of imidazole rings is 1. The van der Waals surface area contributed by atoms with Crippen molar-refractivity contribution in [3.63, 3.8) is 0 Å². The third-order valence-corrected chi connectivity index (χ3v) is 4.65. The Hall–Kier alpha value is -2.59. The van der Waals surface area contributed by atoms with Gasteiger partial charge < -0.3 is 10.5 Å². The summed E-state index contributed by atoms with van der Waals surface area (Å²) in [6.07, 6.45) is 4.05. The van der Waals surface area contributed by atoms with Crippen LogP contribution in [-0.4, -0.2) is 17.2 Å². The molecule has 4 nitrogen and oxygen atoms in total. The fraction of sp³-hybridized carbons (Fsp3) is 0.250. The van der Waals surface area contributed by atoms with Gasteiger partial charge in [-0.15, -0.1) is 0 Å². The summed E-state index contributed by atoms with van der Waals surface area (Å²) < 4.78 is 3.11. The van der Waals surface area contributed by atoms with Gasteiger partial charge in [0, 0.05) is 17.2 Å². The van der Waals surface area contributed by atoms with Crippen molar-refractivity contribution in [1.82, 2.24) is 9.88 Å². The van der Waals surface area contributed by atoms with Gasteiger partial charge in [0.1, 0.15) is 6.54 Å². The number of hydrogen-bond donors (Lipinski definition) is 1. The first-order chi connectivity index (χ1) is 11.8. The molecule has 0 bridgehead atoms. The number of nitrogens with zero attached hydrogens (tertiary/aromatic N) is 2. The topological polar surface area (TPSA) is 43.9 Å². The molecule has 1 aliphatic heterocycles. The first-order valence-corrected chi connectivity index (χ1v) is 8.49. The van der Waals surface area contributed by atoms with E-state index in [9.17, 15) is 5.21 Å². The molecule has 24 heavy (non-hydrogen) atoms. The van der Waals surface area contributed by atoms with Gasteiger partial charge in [-0.3, -0.25) is 0 Å². The Bertz CT molecular complexity index is 806. The van der Waals surface area contributed by atoms with Gasteiger partial charge in [-0.2, -0.15) is 0 Å².